The molecule has 2 saturated heterocycles. The summed E-state index contributed by atoms with van der Waals surface area (Å²) < 4.78 is 6.02. The fraction of sp³-hybridized carbons (Fsp3) is 0.519. The number of nitrogens with one attached hydrogen (secondary N) is 1. The number of rotatable bonds is 7. The first-order valence-corrected chi connectivity index (χ1v) is 12.2. The van der Waals surface area contributed by atoms with Crippen LogP contribution < -0.4 is 15.0 Å². The zero-order valence-corrected chi connectivity index (χ0v) is 19.6. The highest BCUT2D eigenvalue weighted by molar-refractivity contribution is 6.00. The van der Waals surface area contributed by atoms with E-state index in [-0.39, 0.29) is 17.9 Å². The van der Waals surface area contributed by atoms with Crippen LogP contribution in [-0.4, -0.2) is 55.6 Å². The average Bonchev–Trinajstić information content (AvgIpc) is 3.09. The molecule has 2 heterocycles. The average molecular weight is 436 g/mol. The van der Waals surface area contributed by atoms with Gasteiger partial charge in [0.1, 0.15) is 5.75 Å². The fourth-order valence-corrected chi connectivity index (χ4v) is 4.75. The zero-order valence-electron chi connectivity index (χ0n) is 19.6. The Bertz CT molecular complexity index is 882. The van der Waals surface area contributed by atoms with E-state index < -0.39 is 0 Å². The van der Waals surface area contributed by atoms with Gasteiger partial charge in [-0.2, -0.15) is 0 Å². The molecule has 1 N–H and O–H groups in total. The van der Waals surface area contributed by atoms with Gasteiger partial charge in [0.05, 0.1) is 17.8 Å². The summed E-state index contributed by atoms with van der Waals surface area (Å²) in [4.78, 5) is 17.9. The second kappa shape index (κ2) is 11.0. The first-order valence-electron chi connectivity index (χ1n) is 12.2. The lowest BCUT2D eigenvalue weighted by Gasteiger charge is -2.37. The number of carbonyl (C=O) groups is 1. The summed E-state index contributed by atoms with van der Waals surface area (Å²) in [5, 5.41) is 3.44. The Hall–Kier alpha value is -2.37. The van der Waals surface area contributed by atoms with Gasteiger partial charge < -0.3 is 15.0 Å². The van der Waals surface area contributed by atoms with E-state index in [0.717, 1.165) is 63.4 Å². The summed E-state index contributed by atoms with van der Waals surface area (Å²) >= 11 is 0. The first-order chi connectivity index (χ1) is 15.6. The SMILES string of the molecule is CC(C)Oc1ccccc1N1CCN(Cc2cccc(C(=O)C3CCCCCN3)c2)CC1. The van der Waals surface area contributed by atoms with Crippen molar-refractivity contribution in [2.45, 2.75) is 58.2 Å². The molecule has 0 saturated carbocycles. The second-order valence-electron chi connectivity index (χ2n) is 9.32. The topological polar surface area (TPSA) is 44.8 Å². The monoisotopic (exact) mass is 435 g/mol. The molecule has 1 atom stereocenters. The quantitative estimate of drug-likeness (QED) is 0.648. The van der Waals surface area contributed by atoms with Crippen LogP contribution in [0.1, 0.15) is 55.5 Å². The molecule has 5 nitrogen and oxygen atoms in total. The highest BCUT2D eigenvalue weighted by Gasteiger charge is 2.23. The number of Topliss-reactive ketones (excluding diaryl/α,β-unsaturated/α-hetero) is 1. The van der Waals surface area contributed by atoms with Gasteiger partial charge in [0.15, 0.2) is 5.78 Å². The molecule has 2 aliphatic rings. The van der Waals surface area contributed by atoms with Gasteiger partial charge in [0, 0.05) is 38.3 Å². The Labute approximate surface area is 192 Å². The molecule has 172 valence electrons. The maximum Gasteiger partial charge on any atom is 0.179 e. The van der Waals surface area contributed by atoms with Crippen LogP contribution in [0.4, 0.5) is 5.69 Å². The van der Waals surface area contributed by atoms with Crippen molar-refractivity contribution in [1.29, 1.82) is 0 Å². The van der Waals surface area contributed by atoms with Gasteiger partial charge in [-0.3, -0.25) is 9.69 Å². The van der Waals surface area contributed by atoms with Crippen LogP contribution in [0.5, 0.6) is 5.75 Å². The summed E-state index contributed by atoms with van der Waals surface area (Å²) in [6.45, 7) is 9.92. The van der Waals surface area contributed by atoms with Gasteiger partial charge in [-0.05, 0) is 57.0 Å². The predicted octanol–water partition coefficient (Wildman–Crippen LogP) is 4.51. The summed E-state index contributed by atoms with van der Waals surface area (Å²) in [5.41, 5.74) is 3.26. The molecule has 0 aliphatic carbocycles. The van der Waals surface area contributed by atoms with E-state index in [1.54, 1.807) is 0 Å². The molecule has 4 rings (SSSR count). The third-order valence-corrected chi connectivity index (χ3v) is 6.44. The standard InChI is InChI=1S/C27H37N3O2/c1-21(2)32-26-13-6-5-12-25(26)30-17-15-29(16-18-30)20-22-9-8-10-23(19-22)27(31)24-11-4-3-7-14-28-24/h5-6,8-10,12-13,19,21,24,28H,3-4,7,11,14-18,20H2,1-2H3. The van der Waals surface area contributed by atoms with E-state index in [9.17, 15) is 4.79 Å². The molecular formula is C27H37N3O2. The van der Waals surface area contributed by atoms with Crippen molar-refractivity contribution in [3.63, 3.8) is 0 Å². The maximum atomic E-state index is 13.0. The van der Waals surface area contributed by atoms with Crippen molar-refractivity contribution in [3.8, 4) is 5.75 Å². The Morgan fingerprint density at radius 3 is 2.66 bits per heavy atom. The van der Waals surface area contributed by atoms with Crippen LogP contribution in [0.15, 0.2) is 48.5 Å². The molecule has 32 heavy (non-hydrogen) atoms. The van der Waals surface area contributed by atoms with Gasteiger partial charge in [-0.15, -0.1) is 0 Å². The van der Waals surface area contributed by atoms with Gasteiger partial charge in [0.2, 0.25) is 0 Å². The van der Waals surface area contributed by atoms with Crippen molar-refractivity contribution in [2.75, 3.05) is 37.6 Å². The minimum atomic E-state index is -0.0237. The van der Waals surface area contributed by atoms with E-state index in [1.165, 1.54) is 24.1 Å². The Kier molecular flexibility index (Phi) is 7.82. The molecule has 0 spiro atoms. The maximum absolute atomic E-state index is 13.0. The zero-order chi connectivity index (χ0) is 22.3. The lowest BCUT2D eigenvalue weighted by Crippen LogP contribution is -2.46. The van der Waals surface area contributed by atoms with Crippen molar-refractivity contribution < 1.29 is 9.53 Å². The van der Waals surface area contributed by atoms with E-state index >= 15 is 0 Å². The fourth-order valence-electron chi connectivity index (χ4n) is 4.75. The molecule has 5 heteroatoms. The van der Waals surface area contributed by atoms with Crippen molar-refractivity contribution >= 4 is 11.5 Å². The minimum Gasteiger partial charge on any atom is -0.489 e. The summed E-state index contributed by atoms with van der Waals surface area (Å²) in [7, 11) is 0. The highest BCUT2D eigenvalue weighted by Crippen LogP contribution is 2.30. The van der Waals surface area contributed by atoms with E-state index in [4.69, 9.17) is 4.74 Å². The molecular weight excluding hydrogens is 398 g/mol. The van der Waals surface area contributed by atoms with Crippen molar-refractivity contribution in [2.24, 2.45) is 0 Å². The third-order valence-electron chi connectivity index (χ3n) is 6.44. The predicted molar refractivity (Wildman–Crippen MR) is 131 cm³/mol. The molecule has 0 bridgehead atoms. The Balaban J connectivity index is 1.35. The number of hydrogen-bond donors (Lipinski definition) is 1. The van der Waals surface area contributed by atoms with Gasteiger partial charge in [-0.25, -0.2) is 0 Å². The molecule has 2 aromatic carbocycles. The van der Waals surface area contributed by atoms with Gasteiger partial charge in [-0.1, -0.05) is 43.2 Å². The van der Waals surface area contributed by atoms with Crippen LogP contribution in [-0.2, 0) is 6.54 Å². The molecule has 2 aliphatic heterocycles. The number of piperazine rings is 1. The number of hydrogen-bond acceptors (Lipinski definition) is 5. The molecule has 0 amide bonds. The second-order valence-corrected chi connectivity index (χ2v) is 9.32. The molecule has 2 aromatic rings. The van der Waals surface area contributed by atoms with Gasteiger partial charge >= 0.3 is 0 Å². The van der Waals surface area contributed by atoms with Gasteiger partial charge in [0.25, 0.3) is 0 Å². The molecule has 0 radical (unpaired) electrons. The lowest BCUT2D eigenvalue weighted by molar-refractivity contribution is 0.0940. The number of ether oxygens (including phenoxy) is 1. The number of ketones is 1. The van der Waals surface area contributed by atoms with Crippen LogP contribution in [0.25, 0.3) is 0 Å². The first kappa shape index (κ1) is 22.8. The van der Waals surface area contributed by atoms with E-state index in [1.807, 2.05) is 18.2 Å². The smallest absolute Gasteiger partial charge is 0.179 e. The molecule has 1 unspecified atom stereocenters. The summed E-state index contributed by atoms with van der Waals surface area (Å²) in [5.74, 6) is 1.22. The van der Waals surface area contributed by atoms with Crippen LogP contribution in [0.2, 0.25) is 0 Å². The largest absolute Gasteiger partial charge is 0.489 e. The summed E-state index contributed by atoms with van der Waals surface area (Å²) in [6, 6.07) is 16.6. The minimum absolute atomic E-state index is 0.0237. The number of anilines is 1. The van der Waals surface area contributed by atoms with Crippen LogP contribution in [0, 0.1) is 0 Å². The lowest BCUT2D eigenvalue weighted by atomic mass is 9.98. The van der Waals surface area contributed by atoms with Crippen LogP contribution >= 0.6 is 0 Å². The highest BCUT2D eigenvalue weighted by atomic mass is 16.5. The van der Waals surface area contributed by atoms with E-state index in [2.05, 4.69) is 59.3 Å². The molecule has 2 fully saturated rings. The number of para-hydroxylation sites is 2. The van der Waals surface area contributed by atoms with E-state index in [0.29, 0.717) is 0 Å². The Morgan fingerprint density at radius 1 is 1.03 bits per heavy atom. The summed E-state index contributed by atoms with van der Waals surface area (Å²) in [6.07, 6.45) is 4.65. The third kappa shape index (κ3) is 5.90. The number of carbonyl (C=O) groups excluding carboxylic acids is 1. The molecule has 0 aromatic heterocycles. The normalized spacial score (nSPS) is 20.2. The number of benzene rings is 2. The van der Waals surface area contributed by atoms with Crippen LogP contribution in [0.3, 0.4) is 0 Å². The van der Waals surface area contributed by atoms with Crippen molar-refractivity contribution in [1.82, 2.24) is 10.2 Å². The number of nitrogens with zero attached hydrogens (tertiary/aromatic N) is 2. The Morgan fingerprint density at radius 2 is 1.84 bits per heavy atom. The van der Waals surface area contributed by atoms with Crippen molar-refractivity contribution in [3.05, 3.63) is 59.7 Å².